The van der Waals surface area contributed by atoms with Crippen molar-refractivity contribution in [2.45, 2.75) is 32.9 Å². The molecule has 1 amide bonds. The van der Waals surface area contributed by atoms with E-state index in [2.05, 4.69) is 10.6 Å². The second-order valence-corrected chi connectivity index (χ2v) is 6.56. The van der Waals surface area contributed by atoms with Gasteiger partial charge in [0.05, 0.1) is 6.61 Å². The van der Waals surface area contributed by atoms with Gasteiger partial charge in [0, 0.05) is 28.9 Å². The Kier molecular flexibility index (Phi) is 7.91. The first-order valence-corrected chi connectivity index (χ1v) is 9.01. The van der Waals surface area contributed by atoms with Crippen molar-refractivity contribution < 1.29 is 14.6 Å². The van der Waals surface area contributed by atoms with Crippen molar-refractivity contribution in [2.75, 3.05) is 18.5 Å². The second kappa shape index (κ2) is 10.2. The van der Waals surface area contributed by atoms with E-state index in [4.69, 9.17) is 16.3 Å². The van der Waals surface area contributed by atoms with Crippen LogP contribution in [0.15, 0.2) is 42.5 Å². The molecule has 0 saturated carbocycles. The normalized spacial score (nSPS) is 11.8. The van der Waals surface area contributed by atoms with E-state index in [1.807, 2.05) is 38.1 Å². The summed E-state index contributed by atoms with van der Waals surface area (Å²) in [6, 6.07) is 12.9. The number of halogens is 1. The van der Waals surface area contributed by atoms with E-state index in [0.29, 0.717) is 17.3 Å². The summed E-state index contributed by atoms with van der Waals surface area (Å²) in [6.45, 7) is 4.45. The molecule has 5 nitrogen and oxygen atoms in total. The number of aliphatic hydroxyl groups is 1. The number of carbonyl (C=O) groups is 1. The molecule has 0 aliphatic heterocycles. The topological polar surface area (TPSA) is 70.6 Å². The molecular weight excluding hydrogens is 352 g/mol. The molecule has 1 atom stereocenters. The van der Waals surface area contributed by atoms with Crippen LogP contribution < -0.4 is 15.4 Å². The zero-order valence-corrected chi connectivity index (χ0v) is 15.8. The summed E-state index contributed by atoms with van der Waals surface area (Å²) in [7, 11) is 0. The van der Waals surface area contributed by atoms with Crippen molar-refractivity contribution in [1.29, 1.82) is 0 Å². The molecule has 6 heteroatoms. The Labute approximate surface area is 159 Å². The molecular formula is C20H25ClN2O3. The van der Waals surface area contributed by atoms with Crippen LogP contribution in [-0.4, -0.2) is 30.3 Å². The molecule has 0 bridgehead atoms. The molecule has 0 unspecified atom stereocenters. The maximum absolute atomic E-state index is 12.1. The summed E-state index contributed by atoms with van der Waals surface area (Å²) in [6.07, 6.45) is 0.812. The molecule has 0 saturated heterocycles. The zero-order valence-electron chi connectivity index (χ0n) is 15.1. The molecule has 2 aromatic carbocycles. The van der Waals surface area contributed by atoms with Crippen LogP contribution in [0.25, 0.3) is 0 Å². The van der Waals surface area contributed by atoms with Gasteiger partial charge in [-0.1, -0.05) is 36.2 Å². The molecule has 3 N–H and O–H groups in total. The Bertz CT molecular complexity index is 715. The van der Waals surface area contributed by atoms with Crippen LogP contribution in [0.1, 0.15) is 24.5 Å². The van der Waals surface area contributed by atoms with E-state index in [1.54, 1.807) is 18.2 Å². The van der Waals surface area contributed by atoms with Crippen molar-refractivity contribution in [3.8, 4) is 5.75 Å². The molecule has 0 radical (unpaired) electrons. The molecule has 0 aliphatic carbocycles. The Morgan fingerprint density at radius 1 is 1.23 bits per heavy atom. The first-order valence-electron chi connectivity index (χ1n) is 8.63. The lowest BCUT2D eigenvalue weighted by Gasteiger charge is -2.17. The lowest BCUT2D eigenvalue weighted by atomic mass is 10.1. The van der Waals surface area contributed by atoms with Gasteiger partial charge < -0.3 is 20.5 Å². The van der Waals surface area contributed by atoms with E-state index >= 15 is 0 Å². The van der Waals surface area contributed by atoms with Gasteiger partial charge in [0.2, 0.25) is 0 Å². The highest BCUT2D eigenvalue weighted by molar-refractivity contribution is 6.30. The smallest absolute Gasteiger partial charge is 0.262 e. The molecule has 26 heavy (non-hydrogen) atoms. The standard InChI is InChI=1S/C20H25ClN2O3/c1-3-17(12-24)22-11-15-10-16(21)6-9-19(15)26-13-20(25)23-18-7-4-14(2)5-8-18/h4-10,17,22,24H,3,11-13H2,1-2H3,(H,23,25)/t17-/m0/s1. The minimum atomic E-state index is -0.232. The predicted octanol–water partition coefficient (Wildman–Crippen LogP) is 3.53. The number of anilines is 1. The van der Waals surface area contributed by atoms with Crippen LogP contribution in [-0.2, 0) is 11.3 Å². The summed E-state index contributed by atoms with van der Waals surface area (Å²) >= 11 is 6.07. The Hall–Kier alpha value is -2.08. The number of rotatable bonds is 9. The third kappa shape index (κ3) is 6.33. The number of ether oxygens (including phenoxy) is 1. The van der Waals surface area contributed by atoms with Crippen molar-refractivity contribution >= 4 is 23.2 Å². The fourth-order valence-corrected chi connectivity index (χ4v) is 2.59. The summed E-state index contributed by atoms with van der Waals surface area (Å²) in [5.41, 5.74) is 2.70. The molecule has 0 heterocycles. The van der Waals surface area contributed by atoms with E-state index in [9.17, 15) is 9.90 Å². The number of amides is 1. The van der Waals surface area contributed by atoms with Crippen LogP contribution in [0.3, 0.4) is 0 Å². The number of carbonyl (C=O) groups excluding carboxylic acids is 1. The van der Waals surface area contributed by atoms with Crippen molar-refractivity contribution in [3.63, 3.8) is 0 Å². The Morgan fingerprint density at radius 3 is 2.62 bits per heavy atom. The first-order chi connectivity index (χ1) is 12.5. The fourth-order valence-electron chi connectivity index (χ4n) is 2.40. The number of nitrogens with one attached hydrogen (secondary N) is 2. The summed E-state index contributed by atoms with van der Waals surface area (Å²) in [4.78, 5) is 12.1. The van der Waals surface area contributed by atoms with Crippen LogP contribution in [0.2, 0.25) is 5.02 Å². The Balaban J connectivity index is 1.95. The lowest BCUT2D eigenvalue weighted by molar-refractivity contribution is -0.118. The minimum absolute atomic E-state index is 0.00617. The van der Waals surface area contributed by atoms with E-state index < -0.39 is 0 Å². The van der Waals surface area contributed by atoms with Crippen molar-refractivity contribution in [3.05, 3.63) is 58.6 Å². The molecule has 140 valence electrons. The SMILES string of the molecule is CC[C@@H](CO)NCc1cc(Cl)ccc1OCC(=O)Nc1ccc(C)cc1. The van der Waals surface area contributed by atoms with Gasteiger partial charge in [0.1, 0.15) is 5.75 Å². The van der Waals surface area contributed by atoms with Gasteiger partial charge in [-0.25, -0.2) is 0 Å². The third-order valence-electron chi connectivity index (χ3n) is 4.01. The number of hydrogen-bond acceptors (Lipinski definition) is 4. The van der Waals surface area contributed by atoms with Gasteiger partial charge >= 0.3 is 0 Å². The Morgan fingerprint density at radius 2 is 1.96 bits per heavy atom. The van der Waals surface area contributed by atoms with Crippen LogP contribution in [0.5, 0.6) is 5.75 Å². The van der Waals surface area contributed by atoms with Crippen LogP contribution in [0.4, 0.5) is 5.69 Å². The highest BCUT2D eigenvalue weighted by Gasteiger charge is 2.10. The molecule has 2 rings (SSSR count). The van der Waals surface area contributed by atoms with E-state index in [-0.39, 0.29) is 25.2 Å². The number of benzene rings is 2. The van der Waals surface area contributed by atoms with Gasteiger partial charge in [-0.15, -0.1) is 0 Å². The van der Waals surface area contributed by atoms with Gasteiger partial charge in [-0.05, 0) is 43.7 Å². The summed E-state index contributed by atoms with van der Waals surface area (Å²) in [5.74, 6) is 0.359. The van der Waals surface area contributed by atoms with E-state index in [1.165, 1.54) is 0 Å². The van der Waals surface area contributed by atoms with Crippen molar-refractivity contribution in [2.24, 2.45) is 0 Å². The quantitative estimate of drug-likeness (QED) is 0.626. The van der Waals surface area contributed by atoms with E-state index in [0.717, 1.165) is 23.2 Å². The highest BCUT2D eigenvalue weighted by Crippen LogP contribution is 2.23. The molecule has 2 aromatic rings. The lowest BCUT2D eigenvalue weighted by Crippen LogP contribution is -2.31. The molecule has 0 fully saturated rings. The van der Waals surface area contributed by atoms with Crippen LogP contribution >= 0.6 is 11.6 Å². The summed E-state index contributed by atoms with van der Waals surface area (Å²) < 4.78 is 5.68. The van der Waals surface area contributed by atoms with Crippen molar-refractivity contribution in [1.82, 2.24) is 5.32 Å². The van der Waals surface area contributed by atoms with Gasteiger partial charge in [0.25, 0.3) is 5.91 Å². The van der Waals surface area contributed by atoms with Crippen LogP contribution in [0, 0.1) is 6.92 Å². The molecule has 0 aliphatic rings. The van der Waals surface area contributed by atoms with Gasteiger partial charge in [0.15, 0.2) is 6.61 Å². The second-order valence-electron chi connectivity index (χ2n) is 6.12. The summed E-state index contributed by atoms with van der Waals surface area (Å²) in [5, 5.41) is 15.9. The number of aliphatic hydroxyl groups excluding tert-OH is 1. The number of hydrogen-bond donors (Lipinski definition) is 3. The predicted molar refractivity (Wildman–Crippen MR) is 105 cm³/mol. The maximum atomic E-state index is 12.1. The monoisotopic (exact) mass is 376 g/mol. The first kappa shape index (κ1) is 20.2. The molecule has 0 aromatic heterocycles. The molecule has 0 spiro atoms. The maximum Gasteiger partial charge on any atom is 0.262 e. The third-order valence-corrected chi connectivity index (χ3v) is 4.25. The van der Waals surface area contributed by atoms with Gasteiger partial charge in [-0.3, -0.25) is 4.79 Å². The average molecular weight is 377 g/mol. The minimum Gasteiger partial charge on any atom is -0.483 e. The number of aryl methyl sites for hydroxylation is 1. The zero-order chi connectivity index (χ0) is 18.9. The largest absolute Gasteiger partial charge is 0.483 e. The fraction of sp³-hybridized carbons (Fsp3) is 0.350. The average Bonchev–Trinajstić information content (AvgIpc) is 2.64. The highest BCUT2D eigenvalue weighted by atomic mass is 35.5. The van der Waals surface area contributed by atoms with Gasteiger partial charge in [-0.2, -0.15) is 0 Å².